The number of aliphatic hydroxyl groups is 2. The number of benzene rings is 1. The zero-order chi connectivity index (χ0) is 45.6. The van der Waals surface area contributed by atoms with Crippen molar-refractivity contribution < 1.29 is 48.6 Å². The van der Waals surface area contributed by atoms with Crippen LogP contribution >= 0.6 is 0 Å². The maximum absolute atomic E-state index is 14.0. The molecule has 16 nitrogen and oxygen atoms in total. The molecule has 61 heavy (non-hydrogen) atoms. The van der Waals surface area contributed by atoms with Crippen LogP contribution in [0.3, 0.4) is 0 Å². The number of unbranched alkanes of at least 4 members (excludes halogenated alkanes) is 6. The van der Waals surface area contributed by atoms with Gasteiger partial charge in [-0.1, -0.05) is 89.1 Å². The molecule has 1 fully saturated rings. The van der Waals surface area contributed by atoms with Crippen LogP contribution in [0.2, 0.25) is 0 Å². The van der Waals surface area contributed by atoms with Crippen molar-refractivity contribution in [2.75, 3.05) is 13.1 Å². The van der Waals surface area contributed by atoms with Crippen LogP contribution in [0.5, 0.6) is 0 Å². The molecule has 1 aliphatic heterocycles. The van der Waals surface area contributed by atoms with E-state index >= 15 is 0 Å². The average Bonchev–Trinajstić information content (AvgIpc) is 3.70. The second-order valence-electron chi connectivity index (χ2n) is 17.0. The van der Waals surface area contributed by atoms with Gasteiger partial charge in [0.25, 0.3) is 0 Å². The summed E-state index contributed by atoms with van der Waals surface area (Å²) in [6.45, 7) is 11.8. The van der Waals surface area contributed by atoms with Gasteiger partial charge in [0.15, 0.2) is 0 Å². The van der Waals surface area contributed by atoms with Gasteiger partial charge in [-0.05, 0) is 64.9 Å². The molecule has 2 unspecified atom stereocenters. The third-order valence-corrected chi connectivity index (χ3v) is 10.9. The van der Waals surface area contributed by atoms with Gasteiger partial charge in [0.2, 0.25) is 35.4 Å². The summed E-state index contributed by atoms with van der Waals surface area (Å²) in [4.78, 5) is 106. The van der Waals surface area contributed by atoms with E-state index in [2.05, 4.69) is 33.5 Å². The molecule has 0 aromatic heterocycles. The summed E-state index contributed by atoms with van der Waals surface area (Å²) in [7, 11) is 0. The van der Waals surface area contributed by atoms with Crippen LogP contribution in [0, 0.1) is 18.8 Å². The van der Waals surface area contributed by atoms with E-state index in [0.29, 0.717) is 25.5 Å². The number of hydrogen-bond acceptors (Lipinski definition) is 10. The van der Waals surface area contributed by atoms with Crippen LogP contribution in [0.4, 0.5) is 0 Å². The maximum atomic E-state index is 14.0. The van der Waals surface area contributed by atoms with E-state index < -0.39 is 83.8 Å². The first-order valence-corrected chi connectivity index (χ1v) is 22.1. The van der Waals surface area contributed by atoms with Crippen molar-refractivity contribution in [2.45, 2.75) is 174 Å². The van der Waals surface area contributed by atoms with E-state index in [-0.39, 0.29) is 44.1 Å². The molecule has 0 aliphatic carbocycles. The van der Waals surface area contributed by atoms with E-state index in [4.69, 9.17) is 0 Å². The fraction of sp³-hybridized carbons (Fsp3) is 0.689. The Morgan fingerprint density at radius 1 is 0.770 bits per heavy atom. The van der Waals surface area contributed by atoms with Gasteiger partial charge in [-0.15, -0.1) is 0 Å². The summed E-state index contributed by atoms with van der Waals surface area (Å²) in [5, 5.41) is 34.0. The first-order valence-electron chi connectivity index (χ1n) is 22.1. The molecule has 1 heterocycles. The first-order chi connectivity index (χ1) is 28.9. The minimum absolute atomic E-state index is 0.0170. The third kappa shape index (κ3) is 18.4. The van der Waals surface area contributed by atoms with E-state index in [0.717, 1.165) is 43.2 Å². The van der Waals surface area contributed by atoms with Crippen molar-refractivity contribution in [1.82, 2.24) is 31.5 Å². The van der Waals surface area contributed by atoms with Crippen molar-refractivity contribution in [2.24, 2.45) is 11.8 Å². The number of ketones is 1. The number of aliphatic hydroxyl groups excluding tert-OH is 2. The van der Waals surface area contributed by atoms with Gasteiger partial charge in [-0.3, -0.25) is 33.6 Å². The maximum Gasteiger partial charge on any atom is 0.248 e. The number of hydrogen-bond donors (Lipinski definition) is 7. The lowest BCUT2D eigenvalue weighted by atomic mass is 9.90. The van der Waals surface area contributed by atoms with Crippen molar-refractivity contribution in [3.63, 3.8) is 0 Å². The highest BCUT2D eigenvalue weighted by molar-refractivity contribution is 5.97. The Morgan fingerprint density at radius 2 is 1.39 bits per heavy atom. The molecule has 1 aromatic rings. The quantitative estimate of drug-likeness (QED) is 0.0480. The zero-order valence-electron chi connectivity index (χ0n) is 37.3. The molecule has 0 saturated carbocycles. The standard InChI is InChI=1S/C45H72N6O10/c1-8-9-10-11-12-13-14-16-35(55)27-34(25-28(2)3)41(57)50-39(32(7)54)45(61)51-23-15-17-37(51)43(59)49-38(31(6)53)44(60)47-30(5)40(56)48-36(42(58)46-22-24-52)26-33-20-18-29(4)19-21-33/h18-21,24,28,30-32,34,36-39,53-54H,8-17,22-23,25-27H2,1-7H3,(H,46,58)(H,47,60)(H,48,56)(H,49,59)(H,50,57)/t30-,31?,32?,34+,36-,37+,38-,39-/m0/s1. The predicted molar refractivity (Wildman–Crippen MR) is 231 cm³/mol. The number of aldehydes is 1. The minimum Gasteiger partial charge on any atom is -0.391 e. The Balaban J connectivity index is 2.10. The van der Waals surface area contributed by atoms with Gasteiger partial charge in [-0.25, -0.2) is 0 Å². The fourth-order valence-corrected chi connectivity index (χ4v) is 7.40. The number of amides is 6. The third-order valence-electron chi connectivity index (χ3n) is 10.9. The molecule has 342 valence electrons. The predicted octanol–water partition coefficient (Wildman–Crippen LogP) is 2.33. The summed E-state index contributed by atoms with van der Waals surface area (Å²) < 4.78 is 0. The van der Waals surface area contributed by atoms with Gasteiger partial charge in [0.1, 0.15) is 42.3 Å². The van der Waals surface area contributed by atoms with Crippen molar-refractivity contribution in [1.29, 1.82) is 0 Å². The monoisotopic (exact) mass is 857 g/mol. The molecule has 1 aliphatic rings. The summed E-state index contributed by atoms with van der Waals surface area (Å²) in [5.74, 6) is -4.93. The summed E-state index contributed by atoms with van der Waals surface area (Å²) in [6, 6.07) is 0.893. The van der Waals surface area contributed by atoms with Crippen LogP contribution in [-0.4, -0.2) is 118 Å². The Morgan fingerprint density at radius 3 is 1.98 bits per heavy atom. The topological polar surface area (TPSA) is 240 Å². The van der Waals surface area contributed by atoms with Crippen LogP contribution in [0.25, 0.3) is 0 Å². The minimum atomic E-state index is -1.55. The highest BCUT2D eigenvalue weighted by atomic mass is 16.3. The second kappa shape index (κ2) is 27.3. The van der Waals surface area contributed by atoms with Gasteiger partial charge in [-0.2, -0.15) is 0 Å². The molecule has 7 N–H and O–H groups in total. The van der Waals surface area contributed by atoms with E-state index in [1.807, 2.05) is 32.9 Å². The van der Waals surface area contributed by atoms with Crippen molar-refractivity contribution in [3.8, 4) is 0 Å². The highest BCUT2D eigenvalue weighted by Gasteiger charge is 2.41. The molecule has 8 atom stereocenters. The number of carbonyl (C=O) groups is 8. The molecular formula is C45H72N6O10. The molecule has 1 saturated heterocycles. The Bertz CT molecular complexity index is 1600. The molecule has 16 heteroatoms. The summed E-state index contributed by atoms with van der Waals surface area (Å²) in [5.41, 5.74) is 1.74. The van der Waals surface area contributed by atoms with Crippen LogP contribution in [-0.2, 0) is 44.8 Å². The molecular weight excluding hydrogens is 785 g/mol. The molecule has 0 bridgehead atoms. The van der Waals surface area contributed by atoms with E-state index in [1.165, 1.54) is 38.5 Å². The Kier molecular flexibility index (Phi) is 23.5. The number of nitrogens with one attached hydrogen (secondary N) is 5. The van der Waals surface area contributed by atoms with Gasteiger partial charge >= 0.3 is 0 Å². The van der Waals surface area contributed by atoms with Crippen LogP contribution in [0.1, 0.15) is 130 Å². The average molecular weight is 857 g/mol. The molecule has 0 spiro atoms. The number of likely N-dealkylation sites (tertiary alicyclic amines) is 1. The number of nitrogens with zero attached hydrogens (tertiary/aromatic N) is 1. The fourth-order valence-electron chi connectivity index (χ4n) is 7.40. The van der Waals surface area contributed by atoms with E-state index in [9.17, 15) is 48.6 Å². The Hall–Kier alpha value is -4.70. The molecule has 6 amide bonds. The lowest BCUT2D eigenvalue weighted by molar-refractivity contribution is -0.145. The van der Waals surface area contributed by atoms with Crippen LogP contribution in [0.15, 0.2) is 24.3 Å². The number of carbonyl (C=O) groups excluding carboxylic acids is 8. The second-order valence-corrected chi connectivity index (χ2v) is 17.0. The number of aryl methyl sites for hydroxylation is 1. The lowest BCUT2D eigenvalue weighted by Gasteiger charge is -2.32. The normalized spacial score (nSPS) is 17.2. The van der Waals surface area contributed by atoms with Gasteiger partial charge in [0.05, 0.1) is 18.8 Å². The summed E-state index contributed by atoms with van der Waals surface area (Å²) in [6.07, 6.45) is 6.64. The number of Topliss-reactive ketones (excluding diaryl/α,β-unsaturated/α-hetero) is 1. The van der Waals surface area contributed by atoms with Crippen molar-refractivity contribution >= 4 is 47.5 Å². The lowest BCUT2D eigenvalue weighted by Crippen LogP contribution is -2.61. The highest BCUT2D eigenvalue weighted by Crippen LogP contribution is 2.22. The van der Waals surface area contributed by atoms with Crippen molar-refractivity contribution in [3.05, 3.63) is 35.4 Å². The van der Waals surface area contributed by atoms with Crippen LogP contribution < -0.4 is 26.6 Å². The van der Waals surface area contributed by atoms with Gasteiger partial charge in [0, 0.05) is 31.7 Å². The molecule has 2 rings (SSSR count). The van der Waals surface area contributed by atoms with E-state index in [1.54, 1.807) is 12.1 Å². The first kappa shape index (κ1) is 52.4. The van der Waals surface area contributed by atoms with Gasteiger partial charge < -0.3 is 46.5 Å². The number of rotatable bonds is 28. The summed E-state index contributed by atoms with van der Waals surface area (Å²) >= 11 is 0. The molecule has 1 aromatic carbocycles. The largest absolute Gasteiger partial charge is 0.391 e. The SMILES string of the molecule is CCCCCCCCCC(=O)C[C@@H](CC(C)C)C(=O)N[C@H](C(=O)N1CCC[C@@H]1C(=O)N[C@H](C(=O)N[C@@H](C)C(=O)N[C@@H](Cc1ccc(C)cc1)C(=O)NCC=O)C(C)O)C(C)O. The smallest absolute Gasteiger partial charge is 0.248 e. The molecule has 0 radical (unpaired) electrons. The zero-order valence-corrected chi connectivity index (χ0v) is 37.3. The Labute approximate surface area is 361 Å².